The molecule has 3 saturated carbocycles. The van der Waals surface area contributed by atoms with E-state index in [-0.39, 0.29) is 12.0 Å². The third-order valence-corrected chi connectivity index (χ3v) is 9.60. The van der Waals surface area contributed by atoms with Gasteiger partial charge in [0.2, 0.25) is 0 Å². The largest absolute Gasteiger partial charge is 0.396 e. The van der Waals surface area contributed by atoms with Crippen LogP contribution < -0.4 is 0 Å². The second-order valence-electron chi connectivity index (χ2n) is 10.6. The molecular weight excluding hydrogens is 360 g/mol. The van der Waals surface area contributed by atoms with Crippen LogP contribution in [0.15, 0.2) is 24.7 Å². The summed E-state index contributed by atoms with van der Waals surface area (Å²) in [5.41, 5.74) is 2.96. The first-order valence-corrected chi connectivity index (χ1v) is 11.6. The number of carbonyl (C=O) groups is 1. The van der Waals surface area contributed by atoms with Crippen LogP contribution in [0.5, 0.6) is 0 Å². The van der Waals surface area contributed by atoms with Gasteiger partial charge in [0.05, 0.1) is 5.69 Å². The standard InChI is InChI=1S/C25H34N2O2/c1-24-9-5-18(29)14-17(24)13-16(8-12-28)23-20-4-3-19(22-7-11-26-15-27-22)25(20,2)10-6-21(23)24/h3,7,11,15-17,20-21,23,28H,4-6,8-10,12-14H2,1-2H3/t16-,17?,20+,21+,23+,24+,25-/m1/s1. The van der Waals surface area contributed by atoms with Crippen LogP contribution in [0.2, 0.25) is 0 Å². The summed E-state index contributed by atoms with van der Waals surface area (Å²) in [5.74, 6) is 3.47. The number of hydrogen-bond donors (Lipinski definition) is 1. The maximum Gasteiger partial charge on any atom is 0.133 e. The van der Waals surface area contributed by atoms with Crippen molar-refractivity contribution in [1.82, 2.24) is 9.97 Å². The molecule has 29 heavy (non-hydrogen) atoms. The minimum absolute atomic E-state index is 0.164. The van der Waals surface area contributed by atoms with E-state index in [4.69, 9.17) is 0 Å². The lowest BCUT2D eigenvalue weighted by atomic mass is 9.42. The zero-order valence-electron chi connectivity index (χ0n) is 17.8. The fourth-order valence-corrected chi connectivity index (χ4v) is 8.10. The third-order valence-electron chi connectivity index (χ3n) is 9.60. The van der Waals surface area contributed by atoms with Gasteiger partial charge in [-0.05, 0) is 90.6 Å². The highest BCUT2D eigenvalue weighted by molar-refractivity contribution is 5.79. The summed E-state index contributed by atoms with van der Waals surface area (Å²) in [5, 5.41) is 9.86. The summed E-state index contributed by atoms with van der Waals surface area (Å²) in [6.07, 6.45) is 14.2. The Morgan fingerprint density at radius 3 is 2.86 bits per heavy atom. The molecule has 4 aliphatic rings. The van der Waals surface area contributed by atoms with Gasteiger partial charge in [-0.15, -0.1) is 0 Å². The molecule has 1 aromatic heterocycles. The fraction of sp³-hybridized carbons (Fsp3) is 0.720. The Kier molecular flexibility index (Phi) is 4.69. The van der Waals surface area contributed by atoms with Crippen molar-refractivity contribution < 1.29 is 9.90 Å². The third kappa shape index (κ3) is 2.85. The molecule has 0 radical (unpaired) electrons. The Balaban J connectivity index is 1.51. The SMILES string of the molecule is C[C@]12CCC(=O)CC1C[C@@H](CCO)[C@@H]1[C@@H]2CC[C@]2(C)C(c3ccncn3)=CC[C@@H]12. The molecule has 0 saturated heterocycles. The highest BCUT2D eigenvalue weighted by Gasteiger charge is 2.61. The smallest absolute Gasteiger partial charge is 0.133 e. The van der Waals surface area contributed by atoms with Crippen LogP contribution in [0.3, 0.4) is 0 Å². The van der Waals surface area contributed by atoms with Crippen LogP contribution in [-0.2, 0) is 4.79 Å². The summed E-state index contributed by atoms with van der Waals surface area (Å²) in [6.45, 7) is 5.22. The van der Waals surface area contributed by atoms with Crippen molar-refractivity contribution in [2.45, 2.75) is 65.2 Å². The molecule has 1 N–H and O–H groups in total. The number of aliphatic hydroxyl groups is 1. The van der Waals surface area contributed by atoms with E-state index in [0.717, 1.165) is 44.2 Å². The lowest BCUT2D eigenvalue weighted by Gasteiger charge is -2.62. The molecule has 0 aliphatic heterocycles. The Labute approximate surface area is 174 Å². The Morgan fingerprint density at radius 2 is 2.10 bits per heavy atom. The molecular formula is C25H34N2O2. The number of fused-ring (bicyclic) bond motifs is 5. The molecule has 4 aliphatic carbocycles. The number of carbonyl (C=O) groups excluding carboxylic acids is 1. The normalized spacial score (nSPS) is 43.9. The number of hydrogen-bond acceptors (Lipinski definition) is 4. The van der Waals surface area contributed by atoms with Crippen molar-refractivity contribution in [3.05, 3.63) is 30.4 Å². The summed E-state index contributed by atoms with van der Waals surface area (Å²) >= 11 is 0. The zero-order chi connectivity index (χ0) is 20.2. The average molecular weight is 395 g/mol. The monoisotopic (exact) mass is 394 g/mol. The first-order chi connectivity index (χ1) is 14.0. The molecule has 1 aromatic rings. The minimum Gasteiger partial charge on any atom is -0.396 e. The number of aliphatic hydroxyl groups excluding tert-OH is 1. The quantitative estimate of drug-likeness (QED) is 0.808. The molecule has 0 aromatic carbocycles. The van der Waals surface area contributed by atoms with E-state index in [1.54, 1.807) is 6.33 Å². The molecule has 3 fully saturated rings. The van der Waals surface area contributed by atoms with Crippen LogP contribution >= 0.6 is 0 Å². The molecule has 0 amide bonds. The lowest BCUT2D eigenvalue weighted by molar-refractivity contribution is -0.147. The van der Waals surface area contributed by atoms with Gasteiger partial charge in [-0.2, -0.15) is 0 Å². The van der Waals surface area contributed by atoms with Crippen LogP contribution in [0.1, 0.15) is 70.9 Å². The van der Waals surface area contributed by atoms with Crippen LogP contribution in [-0.4, -0.2) is 27.5 Å². The van der Waals surface area contributed by atoms with Crippen molar-refractivity contribution >= 4 is 11.4 Å². The predicted molar refractivity (Wildman–Crippen MR) is 113 cm³/mol. The van der Waals surface area contributed by atoms with Crippen molar-refractivity contribution in [2.24, 2.45) is 40.4 Å². The van der Waals surface area contributed by atoms with Gasteiger partial charge in [0.15, 0.2) is 0 Å². The van der Waals surface area contributed by atoms with Gasteiger partial charge in [-0.3, -0.25) is 4.79 Å². The summed E-state index contributed by atoms with van der Waals surface area (Å²) in [6, 6.07) is 2.06. The molecule has 1 heterocycles. The second-order valence-corrected chi connectivity index (χ2v) is 10.6. The van der Waals surface area contributed by atoms with Gasteiger partial charge in [-0.1, -0.05) is 19.9 Å². The molecule has 4 heteroatoms. The summed E-state index contributed by atoms with van der Waals surface area (Å²) in [7, 11) is 0. The zero-order valence-corrected chi connectivity index (χ0v) is 17.8. The van der Waals surface area contributed by atoms with Crippen LogP contribution in [0.25, 0.3) is 5.57 Å². The van der Waals surface area contributed by atoms with E-state index < -0.39 is 0 Å². The summed E-state index contributed by atoms with van der Waals surface area (Å²) in [4.78, 5) is 20.9. The molecule has 5 rings (SSSR count). The summed E-state index contributed by atoms with van der Waals surface area (Å²) < 4.78 is 0. The lowest BCUT2D eigenvalue weighted by Crippen LogP contribution is -2.56. The first-order valence-electron chi connectivity index (χ1n) is 11.6. The molecule has 0 bridgehead atoms. The highest BCUT2D eigenvalue weighted by atomic mass is 16.3. The van der Waals surface area contributed by atoms with E-state index in [1.165, 1.54) is 18.4 Å². The van der Waals surface area contributed by atoms with E-state index in [0.29, 0.717) is 40.8 Å². The van der Waals surface area contributed by atoms with Crippen molar-refractivity contribution in [3.63, 3.8) is 0 Å². The number of rotatable bonds is 3. The second kappa shape index (κ2) is 7.01. The number of ketones is 1. The van der Waals surface area contributed by atoms with E-state index in [1.807, 2.05) is 6.20 Å². The van der Waals surface area contributed by atoms with Gasteiger partial charge in [0, 0.05) is 25.6 Å². The van der Waals surface area contributed by atoms with E-state index >= 15 is 0 Å². The first kappa shape index (κ1) is 19.4. The fourth-order valence-electron chi connectivity index (χ4n) is 8.10. The van der Waals surface area contributed by atoms with E-state index in [9.17, 15) is 9.90 Å². The minimum atomic E-state index is 0.164. The van der Waals surface area contributed by atoms with Crippen LogP contribution in [0, 0.1) is 40.4 Å². The predicted octanol–water partition coefficient (Wildman–Crippen LogP) is 4.69. The molecule has 1 unspecified atom stereocenters. The maximum absolute atomic E-state index is 12.2. The van der Waals surface area contributed by atoms with Gasteiger partial charge in [0.25, 0.3) is 0 Å². The van der Waals surface area contributed by atoms with Gasteiger partial charge < -0.3 is 5.11 Å². The number of Topliss-reactive ketones (excluding diaryl/α,β-unsaturated/α-hetero) is 1. The molecule has 0 spiro atoms. The van der Waals surface area contributed by atoms with Crippen molar-refractivity contribution in [3.8, 4) is 0 Å². The van der Waals surface area contributed by atoms with Crippen molar-refractivity contribution in [2.75, 3.05) is 6.61 Å². The Morgan fingerprint density at radius 1 is 1.24 bits per heavy atom. The van der Waals surface area contributed by atoms with Gasteiger partial charge in [-0.25, -0.2) is 9.97 Å². The Bertz CT molecular complexity index is 821. The highest BCUT2D eigenvalue weighted by Crippen LogP contribution is 2.68. The molecule has 156 valence electrons. The van der Waals surface area contributed by atoms with Crippen LogP contribution in [0.4, 0.5) is 0 Å². The van der Waals surface area contributed by atoms with Gasteiger partial charge in [0.1, 0.15) is 12.1 Å². The van der Waals surface area contributed by atoms with Gasteiger partial charge >= 0.3 is 0 Å². The molecule has 4 nitrogen and oxygen atoms in total. The number of aromatic nitrogens is 2. The Hall–Kier alpha value is -1.55. The molecule has 7 atom stereocenters. The van der Waals surface area contributed by atoms with Crippen molar-refractivity contribution in [1.29, 1.82) is 0 Å². The average Bonchev–Trinajstić information content (AvgIpc) is 3.07. The van der Waals surface area contributed by atoms with E-state index in [2.05, 4.69) is 36.0 Å². The topological polar surface area (TPSA) is 63.1 Å². The number of allylic oxidation sites excluding steroid dienone is 2. The maximum atomic E-state index is 12.2. The number of nitrogens with zero attached hydrogens (tertiary/aromatic N) is 2.